The van der Waals surface area contributed by atoms with Gasteiger partial charge < -0.3 is 20.1 Å². The van der Waals surface area contributed by atoms with Crippen molar-refractivity contribution in [3.05, 3.63) is 57.5 Å². The minimum absolute atomic E-state index is 0.00582. The van der Waals surface area contributed by atoms with Gasteiger partial charge in [-0.3, -0.25) is 10.1 Å². The third-order valence-electron chi connectivity index (χ3n) is 3.63. The summed E-state index contributed by atoms with van der Waals surface area (Å²) in [5.41, 5.74) is -0.621. The Kier molecular flexibility index (Phi) is 8.08. The van der Waals surface area contributed by atoms with E-state index >= 15 is 0 Å². The number of benzene rings is 1. The summed E-state index contributed by atoms with van der Waals surface area (Å²) in [5.74, 6) is -0.975. The van der Waals surface area contributed by atoms with Crippen LogP contribution in [-0.2, 0) is 20.9 Å². The highest BCUT2D eigenvalue weighted by Crippen LogP contribution is 2.28. The summed E-state index contributed by atoms with van der Waals surface area (Å²) in [6, 6.07) is 7.74. The number of aromatic nitrogens is 2. The number of ether oxygens (including phenoxy) is 2. The standard InChI is InChI=1S/C19H22ClN5O6/c1-19(2,3)31-17(26)13(24-18(27)30-10-12-7-5-4-6-8-12)9-21-16-14(25(28)29)15(20)22-11-23-16/h4-8,11,13H,9-10H2,1-3H3,(H,24,27)(H,21,22,23)/t13-/m0/s1. The molecule has 0 aliphatic rings. The van der Waals surface area contributed by atoms with E-state index in [1.54, 1.807) is 45.0 Å². The molecule has 0 saturated heterocycles. The highest BCUT2D eigenvalue weighted by molar-refractivity contribution is 6.31. The van der Waals surface area contributed by atoms with Gasteiger partial charge in [-0.1, -0.05) is 41.9 Å². The second-order valence-electron chi connectivity index (χ2n) is 7.29. The maximum Gasteiger partial charge on any atom is 0.408 e. The molecule has 166 valence electrons. The van der Waals surface area contributed by atoms with Gasteiger partial charge in [0.25, 0.3) is 0 Å². The third-order valence-corrected chi connectivity index (χ3v) is 3.91. The molecule has 1 heterocycles. The lowest BCUT2D eigenvalue weighted by Gasteiger charge is -2.24. The number of amides is 1. The van der Waals surface area contributed by atoms with Crippen molar-refractivity contribution in [2.24, 2.45) is 0 Å². The number of hydrogen-bond donors (Lipinski definition) is 2. The van der Waals surface area contributed by atoms with E-state index in [1.165, 1.54) is 0 Å². The Balaban J connectivity index is 2.10. The molecule has 1 aromatic carbocycles. The van der Waals surface area contributed by atoms with Crippen LogP contribution < -0.4 is 10.6 Å². The van der Waals surface area contributed by atoms with Gasteiger partial charge in [-0.05, 0) is 26.3 Å². The molecule has 1 aromatic heterocycles. The highest BCUT2D eigenvalue weighted by atomic mass is 35.5. The van der Waals surface area contributed by atoms with Gasteiger partial charge >= 0.3 is 17.7 Å². The molecular weight excluding hydrogens is 430 g/mol. The molecule has 0 aliphatic heterocycles. The lowest BCUT2D eigenvalue weighted by atomic mass is 10.2. The van der Waals surface area contributed by atoms with Crippen LogP contribution >= 0.6 is 11.6 Å². The Morgan fingerprint density at radius 1 is 1.23 bits per heavy atom. The van der Waals surface area contributed by atoms with Crippen molar-refractivity contribution in [3.8, 4) is 0 Å². The average Bonchev–Trinajstić information content (AvgIpc) is 2.68. The van der Waals surface area contributed by atoms with Crippen molar-refractivity contribution in [1.29, 1.82) is 0 Å². The Morgan fingerprint density at radius 2 is 1.90 bits per heavy atom. The quantitative estimate of drug-likeness (QED) is 0.267. The molecule has 2 aromatic rings. The molecule has 1 amide bonds. The number of rotatable bonds is 8. The number of nitrogens with one attached hydrogen (secondary N) is 2. The summed E-state index contributed by atoms with van der Waals surface area (Å²) in [6.07, 6.45) is 0.165. The number of carbonyl (C=O) groups is 2. The number of nitro groups is 1. The van der Waals surface area contributed by atoms with Gasteiger partial charge in [0.05, 0.1) is 4.92 Å². The van der Waals surface area contributed by atoms with Crippen molar-refractivity contribution in [1.82, 2.24) is 15.3 Å². The zero-order valence-electron chi connectivity index (χ0n) is 17.1. The number of anilines is 1. The lowest BCUT2D eigenvalue weighted by molar-refractivity contribution is -0.384. The Morgan fingerprint density at radius 3 is 2.52 bits per heavy atom. The predicted octanol–water partition coefficient (Wildman–Crippen LogP) is 3.09. The second-order valence-corrected chi connectivity index (χ2v) is 7.65. The van der Waals surface area contributed by atoms with E-state index in [0.717, 1.165) is 11.9 Å². The zero-order valence-corrected chi connectivity index (χ0v) is 17.9. The monoisotopic (exact) mass is 451 g/mol. The topological polar surface area (TPSA) is 146 Å². The molecule has 2 rings (SSSR count). The van der Waals surface area contributed by atoms with Crippen LogP contribution in [0.25, 0.3) is 0 Å². The van der Waals surface area contributed by atoms with Gasteiger partial charge in [0.2, 0.25) is 11.0 Å². The fourth-order valence-electron chi connectivity index (χ4n) is 2.32. The molecular formula is C19H22ClN5O6. The van der Waals surface area contributed by atoms with Crippen LogP contribution in [0.3, 0.4) is 0 Å². The first kappa shape index (κ1) is 23.8. The summed E-state index contributed by atoms with van der Waals surface area (Å²) in [7, 11) is 0. The molecule has 0 radical (unpaired) electrons. The van der Waals surface area contributed by atoms with E-state index < -0.39 is 34.3 Å². The fourth-order valence-corrected chi connectivity index (χ4v) is 2.52. The number of esters is 1. The molecule has 2 N–H and O–H groups in total. The van der Waals surface area contributed by atoms with Gasteiger partial charge in [-0.25, -0.2) is 19.6 Å². The summed E-state index contributed by atoms with van der Waals surface area (Å²) in [4.78, 5) is 42.6. The fraction of sp³-hybridized carbons (Fsp3) is 0.368. The summed E-state index contributed by atoms with van der Waals surface area (Å²) < 4.78 is 10.4. The van der Waals surface area contributed by atoms with E-state index in [9.17, 15) is 19.7 Å². The first-order valence-corrected chi connectivity index (χ1v) is 9.53. The minimum Gasteiger partial charge on any atom is -0.458 e. The molecule has 0 bridgehead atoms. The molecule has 11 nitrogen and oxygen atoms in total. The van der Waals surface area contributed by atoms with Gasteiger partial charge in [0, 0.05) is 6.54 Å². The van der Waals surface area contributed by atoms with E-state index in [-0.39, 0.29) is 24.1 Å². The number of alkyl carbamates (subject to hydrolysis) is 1. The molecule has 0 aliphatic carbocycles. The zero-order chi connectivity index (χ0) is 23.0. The van der Waals surface area contributed by atoms with Gasteiger partial charge in [-0.15, -0.1) is 0 Å². The smallest absolute Gasteiger partial charge is 0.408 e. The number of nitrogens with zero attached hydrogens (tertiary/aromatic N) is 3. The van der Waals surface area contributed by atoms with Crippen molar-refractivity contribution < 1.29 is 24.0 Å². The first-order valence-electron chi connectivity index (χ1n) is 9.15. The molecule has 12 heteroatoms. The Bertz CT molecular complexity index is 935. The normalized spacial score (nSPS) is 11.9. The molecule has 0 fully saturated rings. The van der Waals surface area contributed by atoms with Crippen molar-refractivity contribution in [3.63, 3.8) is 0 Å². The Hall–Kier alpha value is -3.47. The van der Waals surface area contributed by atoms with E-state index in [0.29, 0.717) is 0 Å². The van der Waals surface area contributed by atoms with E-state index in [4.69, 9.17) is 21.1 Å². The lowest BCUT2D eigenvalue weighted by Crippen LogP contribution is -2.48. The Labute approximate surface area is 183 Å². The maximum atomic E-state index is 12.6. The summed E-state index contributed by atoms with van der Waals surface area (Å²) in [6.45, 7) is 4.71. The minimum atomic E-state index is -1.23. The van der Waals surface area contributed by atoms with Crippen molar-refractivity contribution in [2.45, 2.75) is 39.0 Å². The number of halogens is 1. The summed E-state index contributed by atoms with van der Waals surface area (Å²) in [5, 5.41) is 15.9. The summed E-state index contributed by atoms with van der Waals surface area (Å²) >= 11 is 5.76. The van der Waals surface area contributed by atoms with Gasteiger partial charge in [0.15, 0.2) is 0 Å². The molecule has 0 spiro atoms. The van der Waals surface area contributed by atoms with Crippen LogP contribution in [0.2, 0.25) is 5.15 Å². The first-order chi connectivity index (χ1) is 14.6. The molecule has 1 atom stereocenters. The van der Waals surface area contributed by atoms with Crippen molar-refractivity contribution >= 4 is 35.2 Å². The van der Waals surface area contributed by atoms with E-state index in [1.807, 2.05) is 6.07 Å². The van der Waals surface area contributed by atoms with Crippen LogP contribution in [0.5, 0.6) is 0 Å². The van der Waals surface area contributed by atoms with Gasteiger partial charge in [0.1, 0.15) is 24.6 Å². The van der Waals surface area contributed by atoms with Crippen molar-refractivity contribution in [2.75, 3.05) is 11.9 Å². The highest BCUT2D eigenvalue weighted by Gasteiger charge is 2.29. The second kappa shape index (κ2) is 10.5. The van der Waals surface area contributed by atoms with Crippen LogP contribution in [0.15, 0.2) is 36.7 Å². The largest absolute Gasteiger partial charge is 0.458 e. The molecule has 0 unspecified atom stereocenters. The van der Waals surface area contributed by atoms with Gasteiger partial charge in [-0.2, -0.15) is 0 Å². The van der Waals surface area contributed by atoms with Crippen LogP contribution in [0.1, 0.15) is 26.3 Å². The van der Waals surface area contributed by atoms with E-state index in [2.05, 4.69) is 20.6 Å². The molecule has 0 saturated carbocycles. The SMILES string of the molecule is CC(C)(C)OC(=O)[C@H](CNc1ncnc(Cl)c1[N+](=O)[O-])NC(=O)OCc1ccccc1. The van der Waals surface area contributed by atoms with Crippen LogP contribution in [-0.4, -0.2) is 45.1 Å². The average molecular weight is 452 g/mol. The predicted molar refractivity (Wildman–Crippen MR) is 112 cm³/mol. The van der Waals surface area contributed by atoms with Crippen LogP contribution in [0.4, 0.5) is 16.3 Å². The maximum absolute atomic E-state index is 12.6. The molecule has 31 heavy (non-hydrogen) atoms. The number of carbonyl (C=O) groups excluding carboxylic acids is 2. The third kappa shape index (κ3) is 7.70. The number of hydrogen-bond acceptors (Lipinski definition) is 9. The van der Waals surface area contributed by atoms with Crippen LogP contribution in [0, 0.1) is 10.1 Å².